The van der Waals surface area contributed by atoms with Crippen LogP contribution >= 0.6 is 11.6 Å². The van der Waals surface area contributed by atoms with Crippen LogP contribution in [0.4, 0.5) is 0 Å². The molecule has 94 valence electrons. The smallest absolute Gasteiger partial charge is 0.251 e. The number of halogens is 1. The van der Waals surface area contributed by atoms with Gasteiger partial charge in [0.2, 0.25) is 0 Å². The summed E-state index contributed by atoms with van der Waals surface area (Å²) in [6.45, 7) is 2.94. The molecule has 0 heterocycles. The first-order valence-corrected chi connectivity index (χ1v) is 6.74. The number of alkyl halides is 1. The van der Waals surface area contributed by atoms with E-state index in [1.54, 1.807) is 0 Å². The number of hydrogen-bond donors (Lipinski definition) is 1. The number of benzene rings is 1. The molecular formula is C14H20ClNO. The average molecular weight is 254 g/mol. The van der Waals surface area contributed by atoms with Gasteiger partial charge < -0.3 is 5.32 Å². The molecule has 0 fully saturated rings. The Kier molecular flexibility index (Phi) is 6.71. The molecule has 1 rings (SSSR count). The third-order valence-electron chi connectivity index (χ3n) is 2.69. The van der Waals surface area contributed by atoms with E-state index in [2.05, 4.69) is 12.2 Å². The lowest BCUT2D eigenvalue weighted by molar-refractivity contribution is 0.0953. The first kappa shape index (κ1) is 14.0. The summed E-state index contributed by atoms with van der Waals surface area (Å²) in [4.78, 5) is 11.7. The van der Waals surface area contributed by atoms with E-state index in [1.807, 2.05) is 24.3 Å². The zero-order valence-electron chi connectivity index (χ0n) is 10.3. The minimum Gasteiger partial charge on any atom is -0.352 e. The van der Waals surface area contributed by atoms with Crippen molar-refractivity contribution in [1.82, 2.24) is 5.32 Å². The highest BCUT2D eigenvalue weighted by Gasteiger charge is 2.03. The highest BCUT2D eigenvalue weighted by atomic mass is 35.5. The van der Waals surface area contributed by atoms with Gasteiger partial charge >= 0.3 is 0 Å². The Hall–Kier alpha value is -1.02. The number of amides is 1. The van der Waals surface area contributed by atoms with E-state index < -0.39 is 0 Å². The van der Waals surface area contributed by atoms with Crippen LogP contribution in [0.2, 0.25) is 0 Å². The van der Waals surface area contributed by atoms with Crippen molar-refractivity contribution in [2.24, 2.45) is 0 Å². The van der Waals surface area contributed by atoms with Crippen LogP contribution in [0, 0.1) is 0 Å². The second-order valence-electron chi connectivity index (χ2n) is 4.15. The average Bonchev–Trinajstić information content (AvgIpc) is 2.38. The van der Waals surface area contributed by atoms with Crippen molar-refractivity contribution in [2.45, 2.75) is 38.5 Å². The number of carbonyl (C=O) groups is 1. The quantitative estimate of drug-likeness (QED) is 0.582. The number of unbranched alkanes of at least 4 members (excludes halogenated alkanes) is 3. The molecule has 1 aromatic rings. The molecule has 0 saturated heterocycles. The molecule has 3 heteroatoms. The van der Waals surface area contributed by atoms with E-state index >= 15 is 0 Å². The zero-order valence-corrected chi connectivity index (χ0v) is 11.1. The number of nitrogens with one attached hydrogen (secondary N) is 1. The van der Waals surface area contributed by atoms with Gasteiger partial charge in [-0.2, -0.15) is 0 Å². The van der Waals surface area contributed by atoms with Crippen molar-refractivity contribution in [3.8, 4) is 0 Å². The van der Waals surface area contributed by atoms with Crippen LogP contribution in [0.1, 0.15) is 48.5 Å². The molecule has 1 amide bonds. The summed E-state index contributed by atoms with van der Waals surface area (Å²) in [7, 11) is 0. The van der Waals surface area contributed by atoms with Crippen LogP contribution in [-0.2, 0) is 5.88 Å². The Balaban J connectivity index is 2.31. The summed E-state index contributed by atoms with van der Waals surface area (Å²) >= 11 is 5.69. The maximum absolute atomic E-state index is 11.7. The van der Waals surface area contributed by atoms with Crippen molar-refractivity contribution >= 4 is 17.5 Å². The van der Waals surface area contributed by atoms with E-state index in [1.165, 1.54) is 19.3 Å². The lowest BCUT2D eigenvalue weighted by atomic mass is 10.1. The molecule has 0 aliphatic carbocycles. The van der Waals surface area contributed by atoms with Gasteiger partial charge in [0.15, 0.2) is 0 Å². The lowest BCUT2D eigenvalue weighted by Crippen LogP contribution is -2.24. The fourth-order valence-corrected chi connectivity index (χ4v) is 1.78. The summed E-state index contributed by atoms with van der Waals surface area (Å²) in [5, 5.41) is 2.92. The molecule has 1 N–H and O–H groups in total. The first-order chi connectivity index (χ1) is 8.27. The van der Waals surface area contributed by atoms with Gasteiger partial charge in [0.1, 0.15) is 0 Å². The van der Waals surface area contributed by atoms with Crippen molar-refractivity contribution in [3.05, 3.63) is 35.4 Å². The van der Waals surface area contributed by atoms with E-state index in [9.17, 15) is 4.79 Å². The summed E-state index contributed by atoms with van der Waals surface area (Å²) in [5.74, 6) is 0.487. The maximum Gasteiger partial charge on any atom is 0.251 e. The van der Waals surface area contributed by atoms with Gasteiger partial charge in [0, 0.05) is 18.0 Å². The van der Waals surface area contributed by atoms with Gasteiger partial charge in [-0.05, 0) is 24.1 Å². The Bertz CT molecular complexity index is 335. The fraction of sp³-hybridized carbons (Fsp3) is 0.500. The second kappa shape index (κ2) is 8.13. The summed E-state index contributed by atoms with van der Waals surface area (Å²) in [6, 6.07) is 7.41. The van der Waals surface area contributed by atoms with Crippen LogP contribution in [0.15, 0.2) is 24.3 Å². The Labute approximate surface area is 108 Å². The van der Waals surface area contributed by atoms with Gasteiger partial charge in [-0.3, -0.25) is 4.79 Å². The minimum absolute atomic E-state index is 0.00243. The lowest BCUT2D eigenvalue weighted by Gasteiger charge is -2.05. The SMILES string of the molecule is CCCCCCNC(=O)c1ccc(CCl)cc1. The monoisotopic (exact) mass is 253 g/mol. The van der Waals surface area contributed by atoms with Crippen molar-refractivity contribution in [3.63, 3.8) is 0 Å². The summed E-state index contributed by atoms with van der Waals surface area (Å²) < 4.78 is 0. The Morgan fingerprint density at radius 2 is 1.88 bits per heavy atom. The van der Waals surface area contributed by atoms with Gasteiger partial charge in [-0.1, -0.05) is 38.3 Å². The summed E-state index contributed by atoms with van der Waals surface area (Å²) in [5.41, 5.74) is 1.74. The highest BCUT2D eigenvalue weighted by Crippen LogP contribution is 2.07. The molecule has 1 aromatic carbocycles. The van der Waals surface area contributed by atoms with Gasteiger partial charge in [0.05, 0.1) is 0 Å². The van der Waals surface area contributed by atoms with Gasteiger partial charge in [0.25, 0.3) is 5.91 Å². The molecule has 0 atom stereocenters. The predicted molar refractivity (Wildman–Crippen MR) is 72.5 cm³/mol. The van der Waals surface area contributed by atoms with Crippen LogP contribution in [0.3, 0.4) is 0 Å². The van der Waals surface area contributed by atoms with Crippen molar-refractivity contribution < 1.29 is 4.79 Å². The minimum atomic E-state index is 0.00243. The van der Waals surface area contributed by atoms with E-state index in [4.69, 9.17) is 11.6 Å². The zero-order chi connectivity index (χ0) is 12.5. The largest absolute Gasteiger partial charge is 0.352 e. The van der Waals surface area contributed by atoms with Gasteiger partial charge in [-0.15, -0.1) is 11.6 Å². The number of carbonyl (C=O) groups excluding carboxylic acids is 1. The molecule has 0 unspecified atom stereocenters. The third-order valence-corrected chi connectivity index (χ3v) is 2.99. The summed E-state index contributed by atoms with van der Waals surface area (Å²) in [6.07, 6.45) is 4.69. The maximum atomic E-state index is 11.7. The molecule has 0 aliphatic rings. The second-order valence-corrected chi connectivity index (χ2v) is 4.41. The third kappa shape index (κ3) is 5.22. The van der Waals surface area contributed by atoms with E-state index in [0.717, 1.165) is 18.5 Å². The molecule has 17 heavy (non-hydrogen) atoms. The molecule has 0 spiro atoms. The van der Waals surface area contributed by atoms with Crippen LogP contribution in [-0.4, -0.2) is 12.5 Å². The number of hydrogen-bond acceptors (Lipinski definition) is 1. The normalized spacial score (nSPS) is 10.2. The fourth-order valence-electron chi connectivity index (χ4n) is 1.60. The predicted octanol–water partition coefficient (Wildman–Crippen LogP) is 3.74. The Morgan fingerprint density at radius 1 is 1.18 bits per heavy atom. The van der Waals surface area contributed by atoms with Crippen molar-refractivity contribution in [1.29, 1.82) is 0 Å². The van der Waals surface area contributed by atoms with Gasteiger partial charge in [-0.25, -0.2) is 0 Å². The highest BCUT2D eigenvalue weighted by molar-refractivity contribution is 6.17. The van der Waals surface area contributed by atoms with Crippen LogP contribution < -0.4 is 5.32 Å². The molecule has 0 aromatic heterocycles. The van der Waals surface area contributed by atoms with Crippen LogP contribution in [0.25, 0.3) is 0 Å². The number of rotatable bonds is 7. The molecule has 0 saturated carbocycles. The molecule has 2 nitrogen and oxygen atoms in total. The van der Waals surface area contributed by atoms with E-state index in [-0.39, 0.29) is 5.91 Å². The molecule has 0 bridgehead atoms. The molecule has 0 radical (unpaired) electrons. The molecular weight excluding hydrogens is 234 g/mol. The van der Waals surface area contributed by atoms with E-state index in [0.29, 0.717) is 11.4 Å². The first-order valence-electron chi connectivity index (χ1n) is 6.21. The topological polar surface area (TPSA) is 29.1 Å². The Morgan fingerprint density at radius 3 is 2.47 bits per heavy atom. The van der Waals surface area contributed by atoms with Crippen LogP contribution in [0.5, 0.6) is 0 Å². The standard InChI is InChI=1S/C14H20ClNO/c1-2-3-4-5-10-16-14(17)13-8-6-12(11-15)7-9-13/h6-9H,2-5,10-11H2,1H3,(H,16,17). The van der Waals surface area contributed by atoms with Crippen molar-refractivity contribution in [2.75, 3.05) is 6.54 Å². The molecule has 0 aliphatic heterocycles.